The maximum absolute atomic E-state index is 13.9. The molecule has 0 unspecified atom stereocenters. The highest BCUT2D eigenvalue weighted by Crippen LogP contribution is 2.32. The van der Waals surface area contributed by atoms with E-state index in [0.717, 1.165) is 43.1 Å². The number of carbonyl (C=O) groups is 2. The Bertz CT molecular complexity index is 1190. The number of hydrogen-bond acceptors (Lipinski definition) is 3. The number of carbonyl (C=O) groups excluding carboxylic acids is 2. The van der Waals surface area contributed by atoms with Gasteiger partial charge in [-0.25, -0.2) is 4.98 Å². The third-order valence-electron chi connectivity index (χ3n) is 7.76. The van der Waals surface area contributed by atoms with Crippen molar-refractivity contribution in [1.82, 2.24) is 19.8 Å². The summed E-state index contributed by atoms with van der Waals surface area (Å²) < 4.78 is 1.94. The number of imidazole rings is 1. The number of hydrogen-bond donors (Lipinski definition) is 1. The molecule has 5 rings (SSSR count). The Morgan fingerprint density at radius 3 is 2.62 bits per heavy atom. The van der Waals surface area contributed by atoms with Gasteiger partial charge in [0, 0.05) is 12.6 Å². The molecule has 1 fully saturated rings. The molecule has 3 aromatic rings. The van der Waals surface area contributed by atoms with Gasteiger partial charge >= 0.3 is 0 Å². The smallest absolute Gasteiger partial charge is 0.290 e. The van der Waals surface area contributed by atoms with Crippen LogP contribution in [0.3, 0.4) is 0 Å². The SMILES string of the molecule is C[C@@H]1CCCC[C@H]1NC(=O)[C@@]1(C)Cn2c(nc3ccccc32)C(=O)N1CCCc1ccccc1. The van der Waals surface area contributed by atoms with E-state index in [1.54, 1.807) is 4.90 Å². The predicted molar refractivity (Wildman–Crippen MR) is 134 cm³/mol. The Balaban J connectivity index is 1.45. The van der Waals surface area contributed by atoms with Crippen molar-refractivity contribution in [2.24, 2.45) is 5.92 Å². The zero-order valence-electron chi connectivity index (χ0n) is 20.2. The Hall–Kier alpha value is -3.15. The van der Waals surface area contributed by atoms with Crippen LogP contribution >= 0.6 is 0 Å². The second-order valence-corrected chi connectivity index (χ2v) is 10.2. The molecule has 6 heteroatoms. The van der Waals surface area contributed by atoms with E-state index in [-0.39, 0.29) is 17.9 Å². The summed E-state index contributed by atoms with van der Waals surface area (Å²) in [7, 11) is 0. The number of aryl methyl sites for hydroxylation is 1. The quantitative estimate of drug-likeness (QED) is 0.588. The van der Waals surface area contributed by atoms with Gasteiger partial charge in [0.2, 0.25) is 5.91 Å². The molecule has 2 amide bonds. The van der Waals surface area contributed by atoms with Crippen molar-refractivity contribution in [3.8, 4) is 0 Å². The first kappa shape index (κ1) is 22.6. The zero-order chi connectivity index (χ0) is 23.7. The standard InChI is InChI=1S/C28H34N4O2/c1-20-11-6-7-15-22(20)30-27(34)28(2)19-31-24-17-9-8-16-23(24)29-25(31)26(33)32(28)18-10-14-21-12-4-3-5-13-21/h3-5,8-9,12-13,16-17,20,22H,6-7,10-11,14-15,18-19H2,1-2H3,(H,30,34)/t20-,22-,28-/m1/s1. The second-order valence-electron chi connectivity index (χ2n) is 10.2. The van der Waals surface area contributed by atoms with Gasteiger partial charge in [0.25, 0.3) is 5.91 Å². The summed E-state index contributed by atoms with van der Waals surface area (Å²) in [5, 5.41) is 3.34. The molecule has 6 nitrogen and oxygen atoms in total. The molecule has 2 aromatic carbocycles. The largest absolute Gasteiger partial charge is 0.351 e. The number of aromatic nitrogens is 2. The lowest BCUT2D eigenvalue weighted by molar-refractivity contribution is -0.134. The topological polar surface area (TPSA) is 67.2 Å². The highest BCUT2D eigenvalue weighted by molar-refractivity contribution is 6.01. The Morgan fingerprint density at radius 1 is 1.09 bits per heavy atom. The molecule has 34 heavy (non-hydrogen) atoms. The predicted octanol–water partition coefficient (Wildman–Crippen LogP) is 4.58. The molecule has 1 N–H and O–H groups in total. The fourth-order valence-corrected chi connectivity index (χ4v) is 5.62. The van der Waals surface area contributed by atoms with Crippen LogP contribution < -0.4 is 5.32 Å². The Morgan fingerprint density at radius 2 is 1.82 bits per heavy atom. The molecule has 1 aliphatic heterocycles. The minimum Gasteiger partial charge on any atom is -0.351 e. The van der Waals surface area contributed by atoms with Gasteiger partial charge in [-0.3, -0.25) is 9.59 Å². The van der Waals surface area contributed by atoms with Gasteiger partial charge in [-0.2, -0.15) is 0 Å². The van der Waals surface area contributed by atoms with Crippen LogP contribution in [0.4, 0.5) is 0 Å². The van der Waals surface area contributed by atoms with Crippen molar-refractivity contribution >= 4 is 22.8 Å². The van der Waals surface area contributed by atoms with Gasteiger partial charge in [-0.05, 0) is 56.2 Å². The summed E-state index contributed by atoms with van der Waals surface area (Å²) >= 11 is 0. The lowest BCUT2D eigenvalue weighted by Crippen LogP contribution is -2.65. The maximum atomic E-state index is 13.9. The maximum Gasteiger partial charge on any atom is 0.290 e. The lowest BCUT2D eigenvalue weighted by atomic mass is 9.85. The van der Waals surface area contributed by atoms with Crippen LogP contribution in [0.5, 0.6) is 0 Å². The van der Waals surface area contributed by atoms with E-state index < -0.39 is 5.54 Å². The molecule has 2 aliphatic rings. The van der Waals surface area contributed by atoms with E-state index in [4.69, 9.17) is 0 Å². The minimum atomic E-state index is -0.971. The number of benzene rings is 2. The molecule has 2 heterocycles. The van der Waals surface area contributed by atoms with Crippen LogP contribution in [-0.4, -0.2) is 44.4 Å². The van der Waals surface area contributed by atoms with Crippen LogP contribution in [0.2, 0.25) is 0 Å². The minimum absolute atomic E-state index is 0.0530. The van der Waals surface area contributed by atoms with Crippen molar-refractivity contribution in [1.29, 1.82) is 0 Å². The van der Waals surface area contributed by atoms with E-state index in [0.29, 0.717) is 24.8 Å². The first-order valence-electron chi connectivity index (χ1n) is 12.6. The summed E-state index contributed by atoms with van der Waals surface area (Å²) in [6.07, 6.45) is 6.15. The molecule has 178 valence electrons. The fourth-order valence-electron chi connectivity index (χ4n) is 5.62. The van der Waals surface area contributed by atoms with E-state index in [9.17, 15) is 9.59 Å². The third kappa shape index (κ3) is 4.10. The van der Waals surface area contributed by atoms with E-state index >= 15 is 0 Å². The molecular formula is C28H34N4O2. The number of rotatable bonds is 6. The molecule has 1 saturated carbocycles. The van der Waals surface area contributed by atoms with Crippen molar-refractivity contribution in [2.45, 2.75) is 70.5 Å². The van der Waals surface area contributed by atoms with Gasteiger partial charge in [-0.1, -0.05) is 62.2 Å². The molecule has 0 radical (unpaired) electrons. The molecule has 0 bridgehead atoms. The molecule has 1 aliphatic carbocycles. The van der Waals surface area contributed by atoms with Gasteiger partial charge in [0.1, 0.15) is 5.54 Å². The monoisotopic (exact) mass is 458 g/mol. The van der Waals surface area contributed by atoms with Crippen LogP contribution in [0.15, 0.2) is 54.6 Å². The van der Waals surface area contributed by atoms with E-state index in [1.165, 1.54) is 12.0 Å². The number of fused-ring (bicyclic) bond motifs is 3. The number of nitrogens with zero attached hydrogens (tertiary/aromatic N) is 3. The highest BCUT2D eigenvalue weighted by atomic mass is 16.2. The van der Waals surface area contributed by atoms with Gasteiger partial charge in [0.05, 0.1) is 17.6 Å². The van der Waals surface area contributed by atoms with Crippen molar-refractivity contribution in [2.75, 3.05) is 6.54 Å². The second kappa shape index (κ2) is 9.24. The van der Waals surface area contributed by atoms with Crippen LogP contribution in [0.1, 0.15) is 62.1 Å². The van der Waals surface area contributed by atoms with Gasteiger partial charge in [0.15, 0.2) is 5.82 Å². The first-order chi connectivity index (χ1) is 16.5. The van der Waals surface area contributed by atoms with Crippen molar-refractivity contribution < 1.29 is 9.59 Å². The average molecular weight is 459 g/mol. The van der Waals surface area contributed by atoms with E-state index in [1.807, 2.05) is 54.0 Å². The Kier molecular flexibility index (Phi) is 6.15. The van der Waals surface area contributed by atoms with Gasteiger partial charge in [-0.15, -0.1) is 0 Å². The normalized spacial score (nSPS) is 24.8. The summed E-state index contributed by atoms with van der Waals surface area (Å²) in [5.41, 5.74) is 1.96. The van der Waals surface area contributed by atoms with Crippen LogP contribution in [0, 0.1) is 5.92 Å². The molecule has 0 saturated heterocycles. The van der Waals surface area contributed by atoms with Gasteiger partial charge < -0.3 is 14.8 Å². The number of nitrogens with one attached hydrogen (secondary N) is 1. The zero-order valence-corrected chi connectivity index (χ0v) is 20.2. The molecule has 3 atom stereocenters. The number of para-hydroxylation sites is 2. The summed E-state index contributed by atoms with van der Waals surface area (Å²) in [6.45, 7) is 5.07. The van der Waals surface area contributed by atoms with E-state index in [2.05, 4.69) is 29.4 Å². The summed E-state index contributed by atoms with van der Waals surface area (Å²) in [4.78, 5) is 34.0. The average Bonchev–Trinajstić information content (AvgIpc) is 3.22. The first-order valence-corrected chi connectivity index (χ1v) is 12.6. The Labute approximate surface area is 201 Å². The summed E-state index contributed by atoms with van der Waals surface area (Å²) in [6, 6.07) is 18.2. The van der Waals surface area contributed by atoms with Crippen molar-refractivity contribution in [3.63, 3.8) is 0 Å². The third-order valence-corrected chi connectivity index (χ3v) is 7.76. The van der Waals surface area contributed by atoms with Crippen LogP contribution in [0.25, 0.3) is 11.0 Å². The molecule has 1 aromatic heterocycles. The highest BCUT2D eigenvalue weighted by Gasteiger charge is 2.48. The van der Waals surface area contributed by atoms with Crippen molar-refractivity contribution in [3.05, 3.63) is 66.0 Å². The summed E-state index contributed by atoms with van der Waals surface area (Å²) in [5.74, 6) is 0.668. The lowest BCUT2D eigenvalue weighted by Gasteiger charge is -2.45. The fraction of sp³-hybridized carbons (Fsp3) is 0.464. The molecular weight excluding hydrogens is 424 g/mol. The molecule has 0 spiro atoms. The van der Waals surface area contributed by atoms with Crippen LogP contribution in [-0.2, 0) is 17.8 Å². The number of amides is 2.